The van der Waals surface area contributed by atoms with Crippen LogP contribution in [0, 0.1) is 17.8 Å². The Balaban J connectivity index is 1.63. The van der Waals surface area contributed by atoms with Gasteiger partial charge in [-0.15, -0.1) is 0 Å². The summed E-state index contributed by atoms with van der Waals surface area (Å²) < 4.78 is 33.6. The van der Waals surface area contributed by atoms with Crippen LogP contribution in [-0.4, -0.2) is 57.8 Å². The van der Waals surface area contributed by atoms with Gasteiger partial charge in [0.05, 0.1) is 7.11 Å². The lowest BCUT2D eigenvalue weighted by Crippen LogP contribution is -2.42. The largest absolute Gasteiger partial charge is 0.495 e. The van der Waals surface area contributed by atoms with Gasteiger partial charge in [-0.2, -0.15) is 4.31 Å². The lowest BCUT2D eigenvalue weighted by Gasteiger charge is -2.34. The molecular weight excluding hydrogens is 442 g/mol. The van der Waals surface area contributed by atoms with Gasteiger partial charge < -0.3 is 15.4 Å². The second-order valence-corrected chi connectivity index (χ2v) is 11.4. The second kappa shape index (κ2) is 11.3. The molecule has 1 heterocycles. The smallest absolute Gasteiger partial charge is 0.251 e. The molecule has 0 radical (unpaired) electrons. The quantitative estimate of drug-likeness (QED) is 0.558. The first kappa shape index (κ1) is 25.5. The van der Waals surface area contributed by atoms with E-state index in [4.69, 9.17) is 4.74 Å². The zero-order chi connectivity index (χ0) is 24.0. The zero-order valence-corrected chi connectivity index (χ0v) is 20.7. The number of ether oxygens (including phenoxy) is 1. The molecule has 184 valence electrons. The molecule has 33 heavy (non-hydrogen) atoms. The number of carbonyl (C=O) groups excluding carboxylic acids is 2. The molecule has 3 rings (SSSR count). The normalized spacial score (nSPS) is 22.5. The highest BCUT2D eigenvalue weighted by molar-refractivity contribution is 7.89. The van der Waals surface area contributed by atoms with Gasteiger partial charge in [-0.1, -0.05) is 33.1 Å². The summed E-state index contributed by atoms with van der Waals surface area (Å²) >= 11 is 0. The van der Waals surface area contributed by atoms with Crippen molar-refractivity contribution in [2.24, 2.45) is 17.8 Å². The molecule has 1 saturated heterocycles. The Bertz CT molecular complexity index is 933. The highest BCUT2D eigenvalue weighted by Gasteiger charge is 2.34. The number of sulfonamides is 1. The summed E-state index contributed by atoms with van der Waals surface area (Å²) in [6, 6.07) is 4.45. The summed E-state index contributed by atoms with van der Waals surface area (Å²) in [5, 5.41) is 5.65. The lowest BCUT2D eigenvalue weighted by atomic mass is 9.89. The van der Waals surface area contributed by atoms with E-state index in [1.807, 2.05) is 13.8 Å². The Morgan fingerprint density at radius 2 is 1.67 bits per heavy atom. The third kappa shape index (κ3) is 6.47. The van der Waals surface area contributed by atoms with Gasteiger partial charge in [0, 0.05) is 37.7 Å². The third-order valence-electron chi connectivity index (χ3n) is 6.56. The Morgan fingerprint density at radius 1 is 1.03 bits per heavy atom. The van der Waals surface area contributed by atoms with E-state index in [1.54, 1.807) is 6.07 Å². The van der Waals surface area contributed by atoms with Crippen LogP contribution in [0.1, 0.15) is 62.7 Å². The Hall–Kier alpha value is -2.13. The molecule has 8 nitrogen and oxygen atoms in total. The fraction of sp³-hybridized carbons (Fsp3) is 0.667. The SMILES string of the molecule is COc1ccc(C(=O)NCCNC(=O)C2CCCCC2)cc1S(=O)(=O)N1CC(C)CC(C)C1. The zero-order valence-electron chi connectivity index (χ0n) is 19.9. The number of nitrogens with one attached hydrogen (secondary N) is 2. The molecule has 0 bridgehead atoms. The summed E-state index contributed by atoms with van der Waals surface area (Å²) in [6.07, 6.45) is 6.21. The van der Waals surface area contributed by atoms with Gasteiger partial charge in [0.25, 0.3) is 5.91 Å². The fourth-order valence-corrected chi connectivity index (χ4v) is 6.79. The van der Waals surface area contributed by atoms with Gasteiger partial charge in [0.15, 0.2) is 0 Å². The highest BCUT2D eigenvalue weighted by atomic mass is 32.2. The minimum absolute atomic E-state index is 0.00421. The van der Waals surface area contributed by atoms with E-state index in [9.17, 15) is 18.0 Å². The number of hydrogen-bond donors (Lipinski definition) is 2. The number of benzene rings is 1. The molecule has 9 heteroatoms. The van der Waals surface area contributed by atoms with Crippen molar-refractivity contribution in [1.82, 2.24) is 14.9 Å². The third-order valence-corrected chi connectivity index (χ3v) is 8.42. The number of rotatable bonds is 8. The Morgan fingerprint density at radius 3 is 2.30 bits per heavy atom. The standard InChI is InChI=1S/C24H37N3O5S/c1-17-13-18(2)16-27(15-17)33(30,31)22-14-20(9-10-21(22)32-3)24(29)26-12-11-25-23(28)19-7-5-4-6-8-19/h9-10,14,17-19H,4-8,11-13,15-16H2,1-3H3,(H,25,28)(H,26,29). The van der Waals surface area contributed by atoms with Crippen molar-refractivity contribution < 1.29 is 22.7 Å². The van der Waals surface area contributed by atoms with Crippen LogP contribution in [0.5, 0.6) is 5.75 Å². The Labute approximate surface area is 197 Å². The van der Waals surface area contributed by atoms with Crippen LogP contribution >= 0.6 is 0 Å². The van der Waals surface area contributed by atoms with Crippen LogP contribution in [0.2, 0.25) is 0 Å². The van der Waals surface area contributed by atoms with Crippen LogP contribution in [-0.2, 0) is 14.8 Å². The molecule has 1 aromatic rings. The van der Waals surface area contributed by atoms with Crippen molar-refractivity contribution in [3.8, 4) is 5.75 Å². The summed E-state index contributed by atoms with van der Waals surface area (Å²) in [5.74, 6) is 0.490. The second-order valence-electron chi connectivity index (χ2n) is 9.52. The maximum atomic E-state index is 13.4. The van der Waals surface area contributed by atoms with Gasteiger partial charge >= 0.3 is 0 Å². The van der Waals surface area contributed by atoms with E-state index in [1.165, 1.54) is 30.0 Å². The molecule has 2 aliphatic rings. The molecule has 2 fully saturated rings. The first-order chi connectivity index (χ1) is 15.7. The maximum Gasteiger partial charge on any atom is 0.251 e. The van der Waals surface area contributed by atoms with E-state index in [0.29, 0.717) is 19.6 Å². The minimum Gasteiger partial charge on any atom is -0.495 e. The number of carbonyl (C=O) groups is 2. The van der Waals surface area contributed by atoms with E-state index in [2.05, 4.69) is 10.6 Å². The minimum atomic E-state index is -3.80. The molecule has 2 N–H and O–H groups in total. The lowest BCUT2D eigenvalue weighted by molar-refractivity contribution is -0.125. The molecule has 0 spiro atoms. The molecule has 1 aliphatic carbocycles. The molecular formula is C24H37N3O5S. The predicted octanol–water partition coefficient (Wildman–Crippen LogP) is 2.79. The molecule has 0 aromatic heterocycles. The van der Waals surface area contributed by atoms with Crippen molar-refractivity contribution in [1.29, 1.82) is 0 Å². The van der Waals surface area contributed by atoms with Crippen molar-refractivity contribution in [2.75, 3.05) is 33.3 Å². The first-order valence-corrected chi connectivity index (χ1v) is 13.4. The molecule has 1 aromatic carbocycles. The fourth-order valence-electron chi connectivity index (χ4n) is 4.93. The van der Waals surface area contributed by atoms with Crippen molar-refractivity contribution in [3.63, 3.8) is 0 Å². The van der Waals surface area contributed by atoms with Crippen LogP contribution in [0.25, 0.3) is 0 Å². The topological polar surface area (TPSA) is 105 Å². The molecule has 1 saturated carbocycles. The van der Waals surface area contributed by atoms with E-state index < -0.39 is 10.0 Å². The van der Waals surface area contributed by atoms with Crippen LogP contribution in [0.15, 0.2) is 23.1 Å². The van der Waals surface area contributed by atoms with E-state index in [-0.39, 0.29) is 52.3 Å². The van der Waals surface area contributed by atoms with E-state index in [0.717, 1.165) is 32.1 Å². The van der Waals surface area contributed by atoms with Gasteiger partial charge in [-0.25, -0.2) is 8.42 Å². The van der Waals surface area contributed by atoms with Gasteiger partial charge in [-0.3, -0.25) is 9.59 Å². The summed E-state index contributed by atoms with van der Waals surface area (Å²) in [5.41, 5.74) is 0.242. The molecule has 1 aliphatic heterocycles. The molecule has 2 amide bonds. The summed E-state index contributed by atoms with van der Waals surface area (Å²) in [7, 11) is -2.38. The number of piperidine rings is 1. The number of methoxy groups -OCH3 is 1. The van der Waals surface area contributed by atoms with Crippen LogP contribution < -0.4 is 15.4 Å². The van der Waals surface area contributed by atoms with Crippen molar-refractivity contribution >= 4 is 21.8 Å². The Kier molecular flexibility index (Phi) is 8.75. The summed E-state index contributed by atoms with van der Waals surface area (Å²) in [6.45, 7) is 5.61. The molecule has 2 atom stereocenters. The van der Waals surface area contributed by atoms with Gasteiger partial charge in [0.1, 0.15) is 10.6 Å². The summed E-state index contributed by atoms with van der Waals surface area (Å²) in [4.78, 5) is 24.9. The van der Waals surface area contributed by atoms with Gasteiger partial charge in [0.2, 0.25) is 15.9 Å². The first-order valence-electron chi connectivity index (χ1n) is 12.0. The average Bonchev–Trinajstić information content (AvgIpc) is 2.81. The number of amides is 2. The number of hydrogen-bond acceptors (Lipinski definition) is 5. The molecule has 2 unspecified atom stereocenters. The van der Waals surface area contributed by atoms with Crippen LogP contribution in [0.4, 0.5) is 0 Å². The van der Waals surface area contributed by atoms with Crippen molar-refractivity contribution in [3.05, 3.63) is 23.8 Å². The van der Waals surface area contributed by atoms with Crippen molar-refractivity contribution in [2.45, 2.75) is 57.3 Å². The van der Waals surface area contributed by atoms with Gasteiger partial charge in [-0.05, 0) is 49.3 Å². The number of nitrogens with zero attached hydrogens (tertiary/aromatic N) is 1. The monoisotopic (exact) mass is 479 g/mol. The predicted molar refractivity (Wildman–Crippen MR) is 127 cm³/mol. The highest BCUT2D eigenvalue weighted by Crippen LogP contribution is 2.32. The average molecular weight is 480 g/mol. The van der Waals surface area contributed by atoms with Crippen LogP contribution in [0.3, 0.4) is 0 Å². The van der Waals surface area contributed by atoms with E-state index >= 15 is 0 Å². The maximum absolute atomic E-state index is 13.4.